The summed E-state index contributed by atoms with van der Waals surface area (Å²) in [7, 11) is 3.76. The van der Waals surface area contributed by atoms with E-state index in [0.717, 1.165) is 0 Å². The van der Waals surface area contributed by atoms with Crippen LogP contribution in [0, 0.1) is 6.92 Å². The SMILES string of the molecule is Cc1cccc(NC(=O)CCN(C)C)c1C(=O)O. The first-order valence-electron chi connectivity index (χ1n) is 5.69. The van der Waals surface area contributed by atoms with Gasteiger partial charge in [-0.1, -0.05) is 12.1 Å². The fraction of sp³-hybridized carbons (Fsp3) is 0.385. The van der Waals surface area contributed by atoms with Gasteiger partial charge in [0.2, 0.25) is 5.91 Å². The molecule has 2 N–H and O–H groups in total. The molecule has 0 fully saturated rings. The van der Waals surface area contributed by atoms with Crippen LogP contribution in [-0.2, 0) is 4.79 Å². The molecule has 0 saturated heterocycles. The Kier molecular flexibility index (Phi) is 4.85. The molecule has 0 heterocycles. The third-order valence-electron chi connectivity index (χ3n) is 2.55. The second-order valence-electron chi connectivity index (χ2n) is 4.40. The lowest BCUT2D eigenvalue weighted by Gasteiger charge is -2.12. The van der Waals surface area contributed by atoms with Gasteiger partial charge >= 0.3 is 5.97 Å². The van der Waals surface area contributed by atoms with Crippen molar-refractivity contribution >= 4 is 17.6 Å². The Bertz CT molecular complexity index is 456. The summed E-state index contributed by atoms with van der Waals surface area (Å²) in [5.74, 6) is -1.21. The topological polar surface area (TPSA) is 69.6 Å². The molecule has 0 atom stereocenters. The molecular weight excluding hydrogens is 232 g/mol. The molecule has 0 unspecified atom stereocenters. The van der Waals surface area contributed by atoms with Crippen LogP contribution in [0.1, 0.15) is 22.3 Å². The Morgan fingerprint density at radius 1 is 1.33 bits per heavy atom. The lowest BCUT2D eigenvalue weighted by Crippen LogP contribution is -2.21. The number of carboxylic acids is 1. The monoisotopic (exact) mass is 250 g/mol. The zero-order valence-corrected chi connectivity index (χ0v) is 10.9. The first kappa shape index (κ1) is 14.2. The number of hydrogen-bond donors (Lipinski definition) is 2. The number of rotatable bonds is 5. The van der Waals surface area contributed by atoms with Gasteiger partial charge in [0, 0.05) is 13.0 Å². The molecule has 1 aromatic rings. The summed E-state index contributed by atoms with van der Waals surface area (Å²) in [5, 5.41) is 11.8. The zero-order chi connectivity index (χ0) is 13.7. The van der Waals surface area contributed by atoms with E-state index in [1.165, 1.54) is 0 Å². The van der Waals surface area contributed by atoms with Gasteiger partial charge in [-0.25, -0.2) is 4.79 Å². The summed E-state index contributed by atoms with van der Waals surface area (Å²) in [6.45, 7) is 2.33. The first-order chi connectivity index (χ1) is 8.41. The van der Waals surface area contributed by atoms with Crippen LogP contribution >= 0.6 is 0 Å². The minimum absolute atomic E-state index is 0.149. The van der Waals surface area contributed by atoms with Crippen molar-refractivity contribution in [3.8, 4) is 0 Å². The molecular formula is C13H18N2O3. The molecule has 0 spiro atoms. The van der Waals surface area contributed by atoms with Crippen molar-refractivity contribution < 1.29 is 14.7 Å². The van der Waals surface area contributed by atoms with E-state index in [2.05, 4.69) is 5.32 Å². The van der Waals surface area contributed by atoms with Crippen LogP contribution in [0.15, 0.2) is 18.2 Å². The Morgan fingerprint density at radius 2 is 2.00 bits per heavy atom. The molecule has 18 heavy (non-hydrogen) atoms. The maximum absolute atomic E-state index is 11.7. The molecule has 0 aromatic heterocycles. The summed E-state index contributed by atoms with van der Waals surface area (Å²) in [4.78, 5) is 24.7. The number of benzene rings is 1. The Morgan fingerprint density at radius 3 is 2.56 bits per heavy atom. The predicted molar refractivity (Wildman–Crippen MR) is 69.9 cm³/mol. The standard InChI is InChI=1S/C13H18N2O3/c1-9-5-4-6-10(12(9)13(17)18)14-11(16)7-8-15(2)3/h4-6H,7-8H2,1-3H3,(H,14,16)(H,17,18). The molecule has 0 radical (unpaired) electrons. The maximum atomic E-state index is 11.7. The number of nitrogens with zero attached hydrogens (tertiary/aromatic N) is 1. The van der Waals surface area contributed by atoms with Crippen molar-refractivity contribution in [2.24, 2.45) is 0 Å². The zero-order valence-electron chi connectivity index (χ0n) is 10.9. The van der Waals surface area contributed by atoms with Gasteiger partial charge in [0.05, 0.1) is 11.3 Å². The van der Waals surface area contributed by atoms with Gasteiger partial charge in [-0.2, -0.15) is 0 Å². The summed E-state index contributed by atoms with van der Waals surface area (Å²) in [6, 6.07) is 5.03. The van der Waals surface area contributed by atoms with E-state index >= 15 is 0 Å². The highest BCUT2D eigenvalue weighted by Crippen LogP contribution is 2.19. The summed E-state index contributed by atoms with van der Waals surface area (Å²) >= 11 is 0. The molecule has 98 valence electrons. The average molecular weight is 250 g/mol. The third-order valence-corrected chi connectivity index (χ3v) is 2.55. The van der Waals surface area contributed by atoms with Crippen molar-refractivity contribution in [3.63, 3.8) is 0 Å². The van der Waals surface area contributed by atoms with Crippen LogP contribution < -0.4 is 5.32 Å². The highest BCUT2D eigenvalue weighted by atomic mass is 16.4. The van der Waals surface area contributed by atoms with E-state index in [4.69, 9.17) is 5.11 Å². The normalized spacial score (nSPS) is 10.4. The number of hydrogen-bond acceptors (Lipinski definition) is 3. The number of carboxylic acid groups (broad SMARTS) is 1. The largest absolute Gasteiger partial charge is 0.478 e. The number of aryl methyl sites for hydroxylation is 1. The molecule has 1 amide bonds. The van der Waals surface area contributed by atoms with Gasteiger partial charge in [-0.3, -0.25) is 4.79 Å². The van der Waals surface area contributed by atoms with Gasteiger partial charge in [0.1, 0.15) is 0 Å². The van der Waals surface area contributed by atoms with E-state index < -0.39 is 5.97 Å². The number of carbonyl (C=O) groups is 2. The predicted octanol–water partition coefficient (Wildman–Crippen LogP) is 1.58. The second-order valence-corrected chi connectivity index (χ2v) is 4.40. The summed E-state index contributed by atoms with van der Waals surface area (Å²) in [6.07, 6.45) is 0.333. The average Bonchev–Trinajstić information content (AvgIpc) is 2.26. The minimum atomic E-state index is -1.03. The molecule has 1 rings (SSSR count). The fourth-order valence-corrected chi connectivity index (χ4v) is 1.59. The van der Waals surface area contributed by atoms with E-state index in [9.17, 15) is 9.59 Å². The number of aromatic carboxylic acids is 1. The number of nitrogens with one attached hydrogen (secondary N) is 1. The van der Waals surface area contributed by atoms with Gasteiger partial charge in [-0.15, -0.1) is 0 Å². The fourth-order valence-electron chi connectivity index (χ4n) is 1.59. The minimum Gasteiger partial charge on any atom is -0.478 e. The Labute approximate surface area is 106 Å². The highest BCUT2D eigenvalue weighted by molar-refractivity contribution is 6.01. The first-order valence-corrected chi connectivity index (χ1v) is 5.69. The molecule has 1 aromatic carbocycles. The second kappa shape index (κ2) is 6.16. The Balaban J connectivity index is 2.81. The van der Waals surface area contributed by atoms with E-state index in [1.54, 1.807) is 25.1 Å². The van der Waals surface area contributed by atoms with Gasteiger partial charge in [-0.05, 0) is 32.6 Å². The van der Waals surface area contributed by atoms with Gasteiger partial charge in [0.25, 0.3) is 0 Å². The van der Waals surface area contributed by atoms with Crippen molar-refractivity contribution in [3.05, 3.63) is 29.3 Å². The molecule has 0 aliphatic rings. The number of amides is 1. The smallest absolute Gasteiger partial charge is 0.338 e. The van der Waals surface area contributed by atoms with Crippen molar-refractivity contribution in [1.82, 2.24) is 4.90 Å². The van der Waals surface area contributed by atoms with Crippen molar-refractivity contribution in [2.45, 2.75) is 13.3 Å². The highest BCUT2D eigenvalue weighted by Gasteiger charge is 2.14. The van der Waals surface area contributed by atoms with Crippen LogP contribution in [0.5, 0.6) is 0 Å². The molecule has 0 saturated carbocycles. The number of carbonyl (C=O) groups excluding carboxylic acids is 1. The van der Waals surface area contributed by atoms with Crippen molar-refractivity contribution in [1.29, 1.82) is 0 Å². The Hall–Kier alpha value is -1.88. The summed E-state index contributed by atoms with van der Waals surface area (Å²) in [5.41, 5.74) is 1.13. The van der Waals surface area contributed by atoms with Gasteiger partial charge < -0.3 is 15.3 Å². The van der Waals surface area contributed by atoms with Crippen LogP contribution in [0.3, 0.4) is 0 Å². The van der Waals surface area contributed by atoms with Crippen LogP contribution in [0.4, 0.5) is 5.69 Å². The molecule has 0 aliphatic carbocycles. The molecule has 0 aliphatic heterocycles. The van der Waals surface area contributed by atoms with E-state index in [1.807, 2.05) is 19.0 Å². The van der Waals surface area contributed by atoms with Crippen LogP contribution in [0.2, 0.25) is 0 Å². The molecule has 5 heteroatoms. The van der Waals surface area contributed by atoms with E-state index in [0.29, 0.717) is 24.2 Å². The molecule has 5 nitrogen and oxygen atoms in total. The number of anilines is 1. The maximum Gasteiger partial charge on any atom is 0.338 e. The third kappa shape index (κ3) is 3.85. The lowest BCUT2D eigenvalue weighted by molar-refractivity contribution is -0.116. The van der Waals surface area contributed by atoms with Crippen LogP contribution in [0.25, 0.3) is 0 Å². The van der Waals surface area contributed by atoms with Gasteiger partial charge in [0.15, 0.2) is 0 Å². The lowest BCUT2D eigenvalue weighted by atomic mass is 10.1. The molecule has 0 bridgehead atoms. The quantitative estimate of drug-likeness (QED) is 0.832. The van der Waals surface area contributed by atoms with Crippen molar-refractivity contribution in [2.75, 3.05) is 26.0 Å². The van der Waals surface area contributed by atoms with Crippen LogP contribution in [-0.4, -0.2) is 42.5 Å². The summed E-state index contributed by atoms with van der Waals surface area (Å²) < 4.78 is 0. The van der Waals surface area contributed by atoms with E-state index in [-0.39, 0.29) is 11.5 Å².